The molecule has 3 rings (SSSR count). The largest absolute Gasteiger partial charge is 0.391 e. The molecular weight excluding hydrogens is 304 g/mol. The van der Waals surface area contributed by atoms with Gasteiger partial charge in [-0.05, 0) is 30.7 Å². The Morgan fingerprint density at radius 1 is 1.39 bits per heavy atom. The number of halogens is 2. The number of benzene rings is 1. The molecule has 2 atom stereocenters. The van der Waals surface area contributed by atoms with Gasteiger partial charge in [-0.25, -0.2) is 8.78 Å². The maximum Gasteiger partial charge on any atom is 0.256 e. The molecule has 0 spiro atoms. The lowest BCUT2D eigenvalue weighted by Crippen LogP contribution is -2.32. The van der Waals surface area contributed by atoms with Crippen LogP contribution in [0.5, 0.6) is 0 Å². The van der Waals surface area contributed by atoms with Crippen LogP contribution in [0.1, 0.15) is 34.1 Å². The zero-order valence-corrected chi connectivity index (χ0v) is 12.0. The molecule has 118 valence electrons. The molecule has 5 nitrogen and oxygen atoms in total. The van der Waals surface area contributed by atoms with Gasteiger partial charge in [-0.1, -0.05) is 0 Å². The number of aliphatic hydroxyl groups excluding tert-OH is 1. The number of likely N-dealkylation sites (tertiary alicyclic amines) is 1. The van der Waals surface area contributed by atoms with Crippen molar-refractivity contribution >= 4 is 5.91 Å². The number of amides is 1. The van der Waals surface area contributed by atoms with Crippen LogP contribution in [-0.2, 0) is 0 Å². The van der Waals surface area contributed by atoms with Crippen molar-refractivity contribution < 1.29 is 18.7 Å². The fourth-order valence-electron chi connectivity index (χ4n) is 2.85. The molecule has 1 saturated heterocycles. The van der Waals surface area contributed by atoms with Crippen molar-refractivity contribution in [3.63, 3.8) is 0 Å². The third-order valence-electron chi connectivity index (χ3n) is 3.91. The SMILES string of the molecule is N#Cc1cc(C(=O)N2C[C@@H](O)C[C@H]2c2cc(F)ccc2F)c[nH]1. The van der Waals surface area contributed by atoms with E-state index in [4.69, 9.17) is 5.26 Å². The molecule has 2 N–H and O–H groups in total. The number of hydrogen-bond acceptors (Lipinski definition) is 3. The predicted octanol–water partition coefficient (Wildman–Crippen LogP) is 2.11. The molecule has 2 heterocycles. The molecule has 0 unspecified atom stereocenters. The quantitative estimate of drug-likeness (QED) is 0.890. The number of nitrogens with zero attached hydrogens (tertiary/aromatic N) is 2. The van der Waals surface area contributed by atoms with E-state index in [1.165, 1.54) is 17.2 Å². The van der Waals surface area contributed by atoms with Gasteiger partial charge in [0.2, 0.25) is 0 Å². The molecule has 7 heteroatoms. The molecule has 0 aliphatic carbocycles. The van der Waals surface area contributed by atoms with Crippen molar-refractivity contribution in [2.24, 2.45) is 0 Å². The fraction of sp³-hybridized carbons (Fsp3) is 0.250. The number of aromatic nitrogens is 1. The monoisotopic (exact) mass is 317 g/mol. The molecule has 2 aromatic rings. The summed E-state index contributed by atoms with van der Waals surface area (Å²) in [6.45, 7) is 0.0204. The first-order valence-electron chi connectivity index (χ1n) is 7.02. The second-order valence-electron chi connectivity index (χ2n) is 5.44. The number of rotatable bonds is 2. The Bertz CT molecular complexity index is 797. The summed E-state index contributed by atoms with van der Waals surface area (Å²) < 4.78 is 27.4. The number of nitrogens with one attached hydrogen (secondary N) is 1. The van der Waals surface area contributed by atoms with Crippen LogP contribution in [-0.4, -0.2) is 33.5 Å². The number of hydrogen-bond donors (Lipinski definition) is 2. The van der Waals surface area contributed by atoms with E-state index >= 15 is 0 Å². The van der Waals surface area contributed by atoms with Crippen LogP contribution in [0.3, 0.4) is 0 Å². The van der Waals surface area contributed by atoms with Crippen LogP contribution in [0.15, 0.2) is 30.5 Å². The summed E-state index contributed by atoms with van der Waals surface area (Å²) in [4.78, 5) is 16.5. The van der Waals surface area contributed by atoms with Crippen LogP contribution < -0.4 is 0 Å². The third kappa shape index (κ3) is 2.81. The van der Waals surface area contributed by atoms with Gasteiger partial charge in [-0.15, -0.1) is 0 Å². The maximum atomic E-state index is 14.0. The van der Waals surface area contributed by atoms with Gasteiger partial charge >= 0.3 is 0 Å². The molecular formula is C16H13F2N3O2. The number of carbonyl (C=O) groups is 1. The van der Waals surface area contributed by atoms with Crippen LogP contribution in [0.25, 0.3) is 0 Å². The molecule has 0 radical (unpaired) electrons. The Labute approximate surface area is 130 Å². The molecule has 1 aromatic carbocycles. The van der Waals surface area contributed by atoms with Gasteiger partial charge in [-0.2, -0.15) is 5.26 Å². The fourth-order valence-corrected chi connectivity index (χ4v) is 2.85. The smallest absolute Gasteiger partial charge is 0.256 e. The van der Waals surface area contributed by atoms with Crippen molar-refractivity contribution in [1.29, 1.82) is 5.26 Å². The van der Waals surface area contributed by atoms with E-state index in [1.807, 2.05) is 6.07 Å². The highest BCUT2D eigenvalue weighted by atomic mass is 19.1. The van der Waals surface area contributed by atoms with E-state index in [2.05, 4.69) is 4.98 Å². The Balaban J connectivity index is 1.95. The minimum atomic E-state index is -0.819. The second-order valence-corrected chi connectivity index (χ2v) is 5.44. The topological polar surface area (TPSA) is 80.1 Å². The number of aliphatic hydroxyl groups is 1. The van der Waals surface area contributed by atoms with Gasteiger partial charge in [0.15, 0.2) is 0 Å². The summed E-state index contributed by atoms with van der Waals surface area (Å²) in [6, 6.07) is 5.54. The average Bonchev–Trinajstić information content (AvgIpc) is 3.15. The highest BCUT2D eigenvalue weighted by Crippen LogP contribution is 2.35. The van der Waals surface area contributed by atoms with Crippen molar-refractivity contribution in [2.75, 3.05) is 6.54 Å². The van der Waals surface area contributed by atoms with Gasteiger partial charge in [0.25, 0.3) is 5.91 Å². The first-order valence-corrected chi connectivity index (χ1v) is 7.02. The van der Waals surface area contributed by atoms with E-state index in [-0.39, 0.29) is 29.8 Å². The Morgan fingerprint density at radius 2 is 2.17 bits per heavy atom. The minimum absolute atomic E-state index is 0.0204. The van der Waals surface area contributed by atoms with E-state index < -0.39 is 29.7 Å². The Hall–Kier alpha value is -2.72. The predicted molar refractivity (Wildman–Crippen MR) is 76.3 cm³/mol. The van der Waals surface area contributed by atoms with Crippen LogP contribution in [0.2, 0.25) is 0 Å². The molecule has 1 fully saturated rings. The lowest BCUT2D eigenvalue weighted by molar-refractivity contribution is 0.0714. The summed E-state index contributed by atoms with van der Waals surface area (Å²) in [5.74, 6) is -1.69. The summed E-state index contributed by atoms with van der Waals surface area (Å²) in [6.07, 6.45) is 0.688. The summed E-state index contributed by atoms with van der Waals surface area (Å²) in [5.41, 5.74) is 0.491. The van der Waals surface area contributed by atoms with E-state index in [1.54, 1.807) is 0 Å². The van der Waals surface area contributed by atoms with Gasteiger partial charge in [0, 0.05) is 18.3 Å². The van der Waals surface area contributed by atoms with Gasteiger partial charge in [0.05, 0.1) is 17.7 Å². The number of H-pyrrole nitrogens is 1. The molecule has 1 aromatic heterocycles. The van der Waals surface area contributed by atoms with Gasteiger partial charge < -0.3 is 15.0 Å². The van der Waals surface area contributed by atoms with Crippen LogP contribution in [0, 0.1) is 23.0 Å². The lowest BCUT2D eigenvalue weighted by Gasteiger charge is -2.24. The van der Waals surface area contributed by atoms with Gasteiger partial charge in [-0.3, -0.25) is 4.79 Å². The van der Waals surface area contributed by atoms with E-state index in [0.29, 0.717) is 0 Å². The first-order chi connectivity index (χ1) is 11.0. The molecule has 0 bridgehead atoms. The summed E-state index contributed by atoms with van der Waals surface area (Å²) >= 11 is 0. The van der Waals surface area contributed by atoms with Crippen molar-refractivity contribution in [3.8, 4) is 6.07 Å². The van der Waals surface area contributed by atoms with Crippen molar-refractivity contribution in [2.45, 2.75) is 18.6 Å². The first kappa shape index (κ1) is 15.2. The van der Waals surface area contributed by atoms with Crippen LogP contribution >= 0.6 is 0 Å². The molecule has 1 aliphatic rings. The maximum absolute atomic E-state index is 14.0. The molecule has 23 heavy (non-hydrogen) atoms. The average molecular weight is 317 g/mol. The zero-order valence-electron chi connectivity index (χ0n) is 12.0. The minimum Gasteiger partial charge on any atom is -0.391 e. The second kappa shape index (κ2) is 5.82. The number of aromatic amines is 1. The number of β-amino-alcohol motifs (C(OH)–C–C–N with tert-alkyl or cyclic N) is 1. The highest BCUT2D eigenvalue weighted by molar-refractivity contribution is 5.95. The Morgan fingerprint density at radius 3 is 2.87 bits per heavy atom. The van der Waals surface area contributed by atoms with Crippen LogP contribution in [0.4, 0.5) is 8.78 Å². The normalized spacial score (nSPS) is 20.5. The number of nitriles is 1. The zero-order chi connectivity index (χ0) is 16.6. The van der Waals surface area contributed by atoms with E-state index in [9.17, 15) is 18.7 Å². The molecule has 0 saturated carbocycles. The standard InChI is InChI=1S/C16H13F2N3O2/c17-10-1-2-14(18)13(4-10)15-5-12(22)8-21(15)16(23)9-3-11(6-19)20-7-9/h1-4,7,12,15,20,22H,5,8H2/t12-,15-/m0/s1. The third-order valence-corrected chi connectivity index (χ3v) is 3.91. The summed E-state index contributed by atoms with van der Waals surface area (Å²) in [5, 5.41) is 18.7. The van der Waals surface area contributed by atoms with E-state index in [0.717, 1.165) is 18.2 Å². The molecule has 1 amide bonds. The van der Waals surface area contributed by atoms with Crippen molar-refractivity contribution in [3.05, 3.63) is 58.9 Å². The number of carbonyl (C=O) groups excluding carboxylic acids is 1. The summed E-state index contributed by atoms with van der Waals surface area (Å²) in [7, 11) is 0. The molecule has 1 aliphatic heterocycles. The Kier molecular flexibility index (Phi) is 3.84. The lowest BCUT2D eigenvalue weighted by atomic mass is 10.0. The highest BCUT2D eigenvalue weighted by Gasteiger charge is 2.37. The van der Waals surface area contributed by atoms with Crippen molar-refractivity contribution in [1.82, 2.24) is 9.88 Å². The van der Waals surface area contributed by atoms with Gasteiger partial charge in [0.1, 0.15) is 23.4 Å².